The fraction of sp³-hybridized carbons (Fsp3) is 0.833. The predicted molar refractivity (Wildman–Crippen MR) is 36.6 cm³/mol. The van der Waals surface area contributed by atoms with Gasteiger partial charge in [-0.2, -0.15) is 0 Å². The van der Waals surface area contributed by atoms with Crippen molar-refractivity contribution in [3.8, 4) is 0 Å². The molecule has 0 aromatic heterocycles. The minimum Gasteiger partial charge on any atom is -0.228 e. The third-order valence-corrected chi connectivity index (χ3v) is 3.78. The van der Waals surface area contributed by atoms with Gasteiger partial charge in [0.2, 0.25) is 0 Å². The molecule has 0 saturated heterocycles. The van der Waals surface area contributed by atoms with Crippen LogP contribution in [0.5, 0.6) is 0 Å². The fourth-order valence-corrected chi connectivity index (χ4v) is 2.16. The first kappa shape index (κ1) is 7.06. The third-order valence-electron chi connectivity index (χ3n) is 1.73. The zero-order valence-corrected chi connectivity index (χ0v) is 6.37. The quantitative estimate of drug-likeness (QED) is 0.587. The maximum absolute atomic E-state index is 10.9. The molecule has 0 unspecified atom stereocenters. The van der Waals surface area contributed by atoms with Crippen LogP contribution in [0.4, 0.5) is 0 Å². The highest BCUT2D eigenvalue weighted by atomic mass is 32.2. The highest BCUT2D eigenvalue weighted by molar-refractivity contribution is 7.94. The van der Waals surface area contributed by atoms with Crippen molar-refractivity contribution in [3.63, 3.8) is 0 Å². The fourth-order valence-electron chi connectivity index (χ4n) is 0.836. The Balaban J connectivity index is 2.59. The summed E-state index contributed by atoms with van der Waals surface area (Å²) in [7, 11) is -2.74. The van der Waals surface area contributed by atoms with E-state index in [1.54, 1.807) is 6.92 Å². The topological polar surface area (TPSA) is 34.1 Å². The Morgan fingerprint density at radius 2 is 2.00 bits per heavy atom. The van der Waals surface area contributed by atoms with E-state index in [-0.39, 0.29) is 5.75 Å². The smallest absolute Gasteiger partial charge is 0.157 e. The standard InChI is InChI=1S/C6H11O2S/c1-2-9(7,8)6-4-3-5-6/h2-5H2,1H3. The minimum absolute atomic E-state index is 0.280. The van der Waals surface area contributed by atoms with E-state index in [9.17, 15) is 8.42 Å². The van der Waals surface area contributed by atoms with Gasteiger partial charge in [-0.1, -0.05) is 13.3 Å². The molecule has 0 aromatic rings. The van der Waals surface area contributed by atoms with Gasteiger partial charge in [0, 0.05) is 5.75 Å². The Hall–Kier alpha value is -0.0500. The zero-order chi connectivity index (χ0) is 6.91. The average molecular weight is 147 g/mol. The van der Waals surface area contributed by atoms with Gasteiger partial charge in [-0.05, 0) is 12.8 Å². The van der Waals surface area contributed by atoms with Crippen LogP contribution in [0.15, 0.2) is 0 Å². The lowest BCUT2D eigenvalue weighted by Gasteiger charge is -2.23. The molecule has 0 bridgehead atoms. The first-order valence-corrected chi connectivity index (χ1v) is 4.89. The SMILES string of the molecule is CCS(=O)(=O)[C]1CCC1. The molecule has 0 spiro atoms. The Kier molecular flexibility index (Phi) is 1.80. The van der Waals surface area contributed by atoms with Gasteiger partial charge in [0.15, 0.2) is 9.84 Å². The lowest BCUT2D eigenvalue weighted by molar-refractivity contribution is 0.550. The number of sulfone groups is 1. The van der Waals surface area contributed by atoms with E-state index < -0.39 is 9.84 Å². The van der Waals surface area contributed by atoms with Gasteiger partial charge in [-0.3, -0.25) is 0 Å². The van der Waals surface area contributed by atoms with E-state index in [1.807, 2.05) is 0 Å². The summed E-state index contributed by atoms with van der Waals surface area (Å²) in [6, 6.07) is 0. The van der Waals surface area contributed by atoms with Crippen molar-refractivity contribution in [3.05, 3.63) is 5.25 Å². The second-order valence-electron chi connectivity index (χ2n) is 2.30. The molecule has 0 aliphatic heterocycles. The number of hydrogen-bond acceptors (Lipinski definition) is 2. The van der Waals surface area contributed by atoms with E-state index >= 15 is 0 Å². The summed E-state index contributed by atoms with van der Waals surface area (Å²) >= 11 is 0. The van der Waals surface area contributed by atoms with E-state index in [0.717, 1.165) is 24.5 Å². The van der Waals surface area contributed by atoms with Crippen LogP contribution in [0.2, 0.25) is 0 Å². The first-order chi connectivity index (χ1) is 4.17. The van der Waals surface area contributed by atoms with E-state index in [1.165, 1.54) is 0 Å². The van der Waals surface area contributed by atoms with Crippen LogP contribution in [-0.2, 0) is 9.84 Å². The number of hydrogen-bond donors (Lipinski definition) is 0. The van der Waals surface area contributed by atoms with E-state index in [4.69, 9.17) is 0 Å². The molecule has 1 fully saturated rings. The summed E-state index contributed by atoms with van der Waals surface area (Å²) in [6.07, 6.45) is 2.70. The van der Waals surface area contributed by atoms with Crippen molar-refractivity contribution < 1.29 is 8.42 Å². The molecule has 1 saturated carbocycles. The summed E-state index contributed by atoms with van der Waals surface area (Å²) < 4.78 is 21.9. The molecular formula is C6H11O2S. The molecule has 0 atom stereocenters. The van der Waals surface area contributed by atoms with Gasteiger partial charge >= 0.3 is 0 Å². The summed E-state index contributed by atoms with van der Waals surface area (Å²) in [5, 5.41) is 0.769. The van der Waals surface area contributed by atoms with Crippen molar-refractivity contribution in [2.45, 2.75) is 26.2 Å². The molecule has 0 N–H and O–H groups in total. The molecule has 9 heavy (non-hydrogen) atoms. The van der Waals surface area contributed by atoms with Gasteiger partial charge in [0.1, 0.15) is 0 Å². The zero-order valence-electron chi connectivity index (χ0n) is 5.55. The van der Waals surface area contributed by atoms with Crippen LogP contribution < -0.4 is 0 Å². The van der Waals surface area contributed by atoms with Crippen molar-refractivity contribution in [1.82, 2.24) is 0 Å². The van der Waals surface area contributed by atoms with Gasteiger partial charge in [-0.25, -0.2) is 8.42 Å². The monoisotopic (exact) mass is 147 g/mol. The normalized spacial score (nSPS) is 21.4. The van der Waals surface area contributed by atoms with Crippen LogP contribution in [0.25, 0.3) is 0 Å². The summed E-state index contributed by atoms with van der Waals surface area (Å²) in [5.74, 6) is 0.280. The van der Waals surface area contributed by atoms with Crippen LogP contribution in [0.1, 0.15) is 26.2 Å². The highest BCUT2D eigenvalue weighted by Crippen LogP contribution is 2.33. The Bertz CT molecular complexity index is 177. The maximum atomic E-state index is 10.9. The summed E-state index contributed by atoms with van der Waals surface area (Å²) in [5.41, 5.74) is 0. The Morgan fingerprint density at radius 1 is 1.44 bits per heavy atom. The molecule has 0 heterocycles. The molecule has 1 rings (SSSR count). The largest absolute Gasteiger partial charge is 0.228 e. The lowest BCUT2D eigenvalue weighted by Crippen LogP contribution is -2.21. The Labute approximate surface area is 56.2 Å². The van der Waals surface area contributed by atoms with Crippen molar-refractivity contribution in [1.29, 1.82) is 0 Å². The molecule has 1 aliphatic carbocycles. The molecule has 2 nitrogen and oxygen atoms in total. The summed E-state index contributed by atoms with van der Waals surface area (Å²) in [4.78, 5) is 0. The van der Waals surface area contributed by atoms with Crippen molar-refractivity contribution >= 4 is 9.84 Å². The highest BCUT2D eigenvalue weighted by Gasteiger charge is 2.30. The Morgan fingerprint density at radius 3 is 2.11 bits per heavy atom. The van der Waals surface area contributed by atoms with Crippen LogP contribution >= 0.6 is 0 Å². The van der Waals surface area contributed by atoms with Gasteiger partial charge in [0.25, 0.3) is 0 Å². The molecule has 1 radical (unpaired) electrons. The predicted octanol–water partition coefficient (Wildman–Crippen LogP) is 1.14. The summed E-state index contributed by atoms with van der Waals surface area (Å²) in [6.45, 7) is 1.70. The van der Waals surface area contributed by atoms with Crippen LogP contribution in [0, 0.1) is 5.25 Å². The average Bonchev–Trinajstić information content (AvgIpc) is 1.60. The second kappa shape index (κ2) is 2.29. The van der Waals surface area contributed by atoms with Crippen molar-refractivity contribution in [2.24, 2.45) is 0 Å². The van der Waals surface area contributed by atoms with Gasteiger partial charge < -0.3 is 0 Å². The van der Waals surface area contributed by atoms with Gasteiger partial charge in [0.05, 0.1) is 5.25 Å². The lowest BCUT2D eigenvalue weighted by atomic mass is 10.0. The molecule has 3 heteroatoms. The van der Waals surface area contributed by atoms with Gasteiger partial charge in [-0.15, -0.1) is 0 Å². The first-order valence-electron chi connectivity index (χ1n) is 3.24. The number of rotatable bonds is 2. The molecule has 1 aliphatic rings. The van der Waals surface area contributed by atoms with E-state index in [2.05, 4.69) is 0 Å². The molecule has 0 amide bonds. The van der Waals surface area contributed by atoms with Crippen LogP contribution in [-0.4, -0.2) is 14.2 Å². The third kappa shape index (κ3) is 1.26. The van der Waals surface area contributed by atoms with Crippen molar-refractivity contribution in [2.75, 3.05) is 5.75 Å². The molecule has 0 aromatic carbocycles. The maximum Gasteiger partial charge on any atom is 0.157 e. The van der Waals surface area contributed by atoms with Crippen LogP contribution in [0.3, 0.4) is 0 Å². The minimum atomic E-state index is -2.74. The second-order valence-corrected chi connectivity index (χ2v) is 4.68. The van der Waals surface area contributed by atoms with E-state index in [0.29, 0.717) is 0 Å². The molecular weight excluding hydrogens is 136 g/mol. The molecule has 53 valence electrons.